The van der Waals surface area contributed by atoms with Crippen molar-refractivity contribution in [3.63, 3.8) is 0 Å². The highest BCUT2D eigenvalue weighted by Crippen LogP contribution is 2.25. The normalized spacial score (nSPS) is 15.3. The molecule has 0 amide bonds. The van der Waals surface area contributed by atoms with Crippen LogP contribution in [0.4, 0.5) is 11.6 Å². The van der Waals surface area contributed by atoms with E-state index in [0.29, 0.717) is 51.4 Å². The summed E-state index contributed by atoms with van der Waals surface area (Å²) in [6.45, 7) is 2.32. The Labute approximate surface area is 247 Å². The maximum atomic E-state index is 14.0. The number of fused-ring (bicyclic) bond motifs is 1. The van der Waals surface area contributed by atoms with Crippen molar-refractivity contribution in [2.45, 2.75) is 12.8 Å². The molecule has 1 fully saturated rings. The molecule has 1 atom stereocenters. The fraction of sp³-hybridized carbons (Fsp3) is 0.219. The van der Waals surface area contributed by atoms with Crippen LogP contribution in [-0.2, 0) is 13.5 Å². The Bertz CT molecular complexity index is 1950. The maximum absolute atomic E-state index is 14.0. The smallest absolute Gasteiger partial charge is 0.264 e. The highest BCUT2D eigenvalue weighted by molar-refractivity contribution is 5.83. The fourth-order valence-corrected chi connectivity index (χ4v) is 5.58. The van der Waals surface area contributed by atoms with Gasteiger partial charge in [0.2, 0.25) is 11.8 Å². The molecule has 4 aromatic heterocycles. The third kappa shape index (κ3) is 5.50. The first-order chi connectivity index (χ1) is 21.0. The maximum Gasteiger partial charge on any atom is 0.264 e. The predicted molar refractivity (Wildman–Crippen MR) is 165 cm³/mol. The summed E-state index contributed by atoms with van der Waals surface area (Å²) in [5, 5.41) is 8.27. The molecule has 5 heterocycles. The first-order valence-corrected chi connectivity index (χ1v) is 14.2. The molecule has 214 valence electrons. The molecule has 43 heavy (non-hydrogen) atoms. The second kappa shape index (κ2) is 11.2. The molecule has 1 saturated heterocycles. The molecule has 1 unspecified atom stereocenters. The van der Waals surface area contributed by atoms with Crippen molar-refractivity contribution in [3.8, 4) is 28.5 Å². The first-order valence-electron chi connectivity index (χ1n) is 14.2. The monoisotopic (exact) mass is 570 g/mol. The number of pyridine rings is 1. The van der Waals surface area contributed by atoms with Gasteiger partial charge in [-0.1, -0.05) is 30.3 Å². The van der Waals surface area contributed by atoms with E-state index >= 15 is 0 Å². The molecule has 1 aliphatic rings. The van der Waals surface area contributed by atoms with Crippen molar-refractivity contribution in [2.24, 2.45) is 13.0 Å². The van der Waals surface area contributed by atoms with Crippen LogP contribution in [0.15, 0.2) is 90.4 Å². The Morgan fingerprint density at radius 2 is 1.70 bits per heavy atom. The van der Waals surface area contributed by atoms with Gasteiger partial charge in [0.15, 0.2) is 11.5 Å². The molecule has 0 aliphatic carbocycles. The highest BCUT2D eigenvalue weighted by atomic mass is 16.1. The molecule has 0 radical (unpaired) electrons. The zero-order chi connectivity index (χ0) is 29.3. The molecular formula is C32H30N10O. The molecule has 1 N–H and O–H groups in total. The number of nitrogens with zero attached hydrogens (tertiary/aromatic N) is 9. The lowest BCUT2D eigenvalue weighted by Gasteiger charge is -2.14. The van der Waals surface area contributed by atoms with Gasteiger partial charge in [0, 0.05) is 48.8 Å². The minimum Gasteiger partial charge on any atom is -0.324 e. The first kappa shape index (κ1) is 26.6. The van der Waals surface area contributed by atoms with Crippen LogP contribution in [0.1, 0.15) is 12.0 Å². The molecule has 11 nitrogen and oxygen atoms in total. The Kier molecular flexibility index (Phi) is 6.92. The van der Waals surface area contributed by atoms with E-state index < -0.39 is 0 Å². The van der Waals surface area contributed by atoms with Crippen LogP contribution in [0.5, 0.6) is 0 Å². The van der Waals surface area contributed by atoms with Gasteiger partial charge in [-0.15, -0.1) is 5.10 Å². The lowest BCUT2D eigenvalue weighted by Crippen LogP contribution is -2.22. The molecule has 2 aromatic carbocycles. The van der Waals surface area contributed by atoms with Crippen molar-refractivity contribution in [1.29, 1.82) is 0 Å². The quantitative estimate of drug-likeness (QED) is 0.300. The van der Waals surface area contributed by atoms with Crippen LogP contribution in [0.25, 0.3) is 39.5 Å². The number of likely N-dealkylation sites (tertiary alicyclic amines) is 1. The topological polar surface area (TPSA) is 120 Å². The predicted octanol–water partition coefficient (Wildman–Crippen LogP) is 4.27. The molecule has 0 saturated carbocycles. The number of hydrogen-bond donors (Lipinski definition) is 1. The molecule has 7 rings (SSSR count). The minimum absolute atomic E-state index is 0.238. The molecular weight excluding hydrogens is 540 g/mol. The molecule has 0 spiro atoms. The van der Waals surface area contributed by atoms with Crippen molar-refractivity contribution >= 4 is 22.7 Å². The third-order valence-corrected chi connectivity index (χ3v) is 7.74. The van der Waals surface area contributed by atoms with Crippen LogP contribution in [-0.4, -0.2) is 64.3 Å². The lowest BCUT2D eigenvalue weighted by molar-refractivity contribution is 0.394. The van der Waals surface area contributed by atoms with Gasteiger partial charge < -0.3 is 10.2 Å². The van der Waals surface area contributed by atoms with E-state index in [1.807, 2.05) is 30.3 Å². The molecule has 0 bridgehead atoms. The Morgan fingerprint density at radius 3 is 2.40 bits per heavy atom. The van der Waals surface area contributed by atoms with Crippen molar-refractivity contribution in [3.05, 3.63) is 101 Å². The molecule has 11 heteroatoms. The minimum atomic E-state index is -0.238. The second-order valence-corrected chi connectivity index (χ2v) is 11.0. The van der Waals surface area contributed by atoms with Crippen molar-refractivity contribution in [1.82, 2.24) is 44.2 Å². The molecule has 6 aromatic rings. The number of aryl methyl sites for hydroxylation is 1. The summed E-state index contributed by atoms with van der Waals surface area (Å²) in [5.41, 5.74) is 4.17. The van der Waals surface area contributed by atoms with E-state index in [4.69, 9.17) is 4.98 Å². The van der Waals surface area contributed by atoms with Crippen LogP contribution in [0, 0.1) is 5.92 Å². The average Bonchev–Trinajstić information content (AvgIpc) is 3.66. The Balaban J connectivity index is 1.22. The van der Waals surface area contributed by atoms with Crippen molar-refractivity contribution < 1.29 is 0 Å². The van der Waals surface area contributed by atoms with Gasteiger partial charge in [-0.05, 0) is 68.2 Å². The van der Waals surface area contributed by atoms with Crippen LogP contribution in [0.2, 0.25) is 0 Å². The number of aromatic nitrogens is 8. The second-order valence-electron chi connectivity index (χ2n) is 11.0. The number of para-hydroxylation sites is 1. The number of anilines is 2. The van der Waals surface area contributed by atoms with Gasteiger partial charge >= 0.3 is 0 Å². The standard InChI is InChI=1S/C32H30N10O/c1-40-13-12-22(19-40)14-21-8-10-25(11-9-21)37-32-35-16-23-15-27(24-17-33-28(34-18-24)29-36-20-41(2)39-29)31(43)42(30(23)38-32)26-6-4-3-5-7-26/h3-11,15-18,20,22H,12-14,19H2,1-2H3,(H,35,37,38). The van der Waals surface area contributed by atoms with Gasteiger partial charge in [-0.3, -0.25) is 14.0 Å². The van der Waals surface area contributed by atoms with E-state index in [9.17, 15) is 4.79 Å². The van der Waals surface area contributed by atoms with Gasteiger partial charge in [-0.25, -0.2) is 19.9 Å². The number of nitrogens with one attached hydrogen (secondary N) is 1. The fourth-order valence-electron chi connectivity index (χ4n) is 5.58. The zero-order valence-electron chi connectivity index (χ0n) is 23.9. The largest absolute Gasteiger partial charge is 0.324 e. The number of hydrogen-bond acceptors (Lipinski definition) is 9. The summed E-state index contributed by atoms with van der Waals surface area (Å²) in [5.74, 6) is 1.91. The number of benzene rings is 2. The summed E-state index contributed by atoms with van der Waals surface area (Å²) in [6, 6.07) is 19.7. The zero-order valence-corrected chi connectivity index (χ0v) is 23.9. The van der Waals surface area contributed by atoms with E-state index in [2.05, 4.69) is 66.6 Å². The van der Waals surface area contributed by atoms with Crippen LogP contribution >= 0.6 is 0 Å². The summed E-state index contributed by atoms with van der Waals surface area (Å²) in [4.78, 5) is 38.8. The third-order valence-electron chi connectivity index (χ3n) is 7.74. The van der Waals surface area contributed by atoms with E-state index in [-0.39, 0.29) is 5.56 Å². The SMILES string of the molecule is CN1CCC(Cc2ccc(Nc3ncc4cc(-c5cnc(-c6ncn(C)n6)nc5)c(=O)n(-c5ccccc5)c4n3)cc2)C1. The van der Waals surface area contributed by atoms with E-state index in [0.717, 1.165) is 18.7 Å². The Hall–Kier alpha value is -5.29. The highest BCUT2D eigenvalue weighted by Gasteiger charge is 2.20. The lowest BCUT2D eigenvalue weighted by atomic mass is 9.98. The van der Waals surface area contributed by atoms with E-state index in [1.165, 1.54) is 18.5 Å². The van der Waals surface area contributed by atoms with E-state index in [1.54, 1.807) is 47.3 Å². The van der Waals surface area contributed by atoms with Gasteiger partial charge in [0.1, 0.15) is 6.33 Å². The Morgan fingerprint density at radius 1 is 0.907 bits per heavy atom. The van der Waals surface area contributed by atoms with Crippen LogP contribution < -0.4 is 10.9 Å². The van der Waals surface area contributed by atoms with Gasteiger partial charge in [0.25, 0.3) is 5.56 Å². The summed E-state index contributed by atoms with van der Waals surface area (Å²) < 4.78 is 3.19. The van der Waals surface area contributed by atoms with Crippen molar-refractivity contribution in [2.75, 3.05) is 25.5 Å². The average molecular weight is 571 g/mol. The van der Waals surface area contributed by atoms with Crippen LogP contribution in [0.3, 0.4) is 0 Å². The number of rotatable bonds is 7. The summed E-state index contributed by atoms with van der Waals surface area (Å²) >= 11 is 0. The van der Waals surface area contributed by atoms with Gasteiger partial charge in [0.05, 0.1) is 11.3 Å². The summed E-state index contributed by atoms with van der Waals surface area (Å²) in [6.07, 6.45) is 8.86. The summed E-state index contributed by atoms with van der Waals surface area (Å²) in [7, 11) is 3.96. The van der Waals surface area contributed by atoms with Gasteiger partial charge in [-0.2, -0.15) is 4.98 Å². The molecule has 1 aliphatic heterocycles.